The molecule has 0 amide bonds. The van der Waals surface area contributed by atoms with E-state index in [0.717, 1.165) is 31.4 Å². The Morgan fingerprint density at radius 2 is 1.95 bits per heavy atom. The van der Waals surface area contributed by atoms with E-state index in [4.69, 9.17) is 0 Å². The van der Waals surface area contributed by atoms with Crippen LogP contribution in [0, 0.1) is 21.7 Å². The summed E-state index contributed by atoms with van der Waals surface area (Å²) in [6.07, 6.45) is 3.79. The van der Waals surface area contributed by atoms with Gasteiger partial charge in [-0.05, 0) is 18.9 Å². The molecule has 1 aromatic rings. The molecule has 2 rings (SSSR count). The number of aliphatic hydroxyl groups is 1. The van der Waals surface area contributed by atoms with Gasteiger partial charge in [0.05, 0.1) is 17.1 Å². The van der Waals surface area contributed by atoms with Crippen LogP contribution in [0.15, 0.2) is 12.1 Å². The highest BCUT2D eigenvalue weighted by atomic mass is 19.2. The third kappa shape index (κ3) is 2.72. The van der Waals surface area contributed by atoms with E-state index >= 15 is 0 Å². The van der Waals surface area contributed by atoms with Crippen molar-refractivity contribution in [2.75, 3.05) is 11.9 Å². The van der Waals surface area contributed by atoms with E-state index < -0.39 is 33.5 Å². The minimum Gasteiger partial charge on any atom is -0.394 e. The molecule has 0 aromatic heterocycles. The fourth-order valence-corrected chi connectivity index (χ4v) is 2.63. The Morgan fingerprint density at radius 1 is 1.30 bits per heavy atom. The molecule has 0 bridgehead atoms. The third-order valence-corrected chi connectivity index (χ3v) is 3.77. The zero-order chi connectivity index (χ0) is 14.8. The smallest absolute Gasteiger partial charge is 0.295 e. The first kappa shape index (κ1) is 14.6. The van der Waals surface area contributed by atoms with Crippen LogP contribution in [0.4, 0.5) is 20.2 Å². The summed E-state index contributed by atoms with van der Waals surface area (Å²) in [7, 11) is 0. The van der Waals surface area contributed by atoms with Crippen LogP contribution in [0.25, 0.3) is 0 Å². The quantitative estimate of drug-likeness (QED) is 0.659. The molecule has 0 aliphatic heterocycles. The lowest BCUT2D eigenvalue weighted by Crippen LogP contribution is -2.44. The summed E-state index contributed by atoms with van der Waals surface area (Å²) in [5.41, 5.74) is -1.83. The molecule has 0 atom stereocenters. The lowest BCUT2D eigenvalue weighted by Gasteiger charge is -2.37. The highest BCUT2D eigenvalue weighted by Gasteiger charge is 2.35. The van der Waals surface area contributed by atoms with Crippen molar-refractivity contribution in [1.82, 2.24) is 0 Å². The number of nitro benzene ring substituents is 1. The summed E-state index contributed by atoms with van der Waals surface area (Å²) in [5.74, 6) is -2.43. The number of rotatable bonds is 4. The van der Waals surface area contributed by atoms with Crippen LogP contribution in [-0.4, -0.2) is 22.2 Å². The fraction of sp³-hybridized carbons (Fsp3) is 0.538. The minimum absolute atomic E-state index is 0.278. The van der Waals surface area contributed by atoms with Gasteiger partial charge in [-0.25, -0.2) is 8.78 Å². The van der Waals surface area contributed by atoms with E-state index in [1.54, 1.807) is 0 Å². The number of halogens is 2. The molecular formula is C13H16F2N2O3. The number of nitro groups is 1. The zero-order valence-corrected chi connectivity index (χ0v) is 10.9. The summed E-state index contributed by atoms with van der Waals surface area (Å²) < 4.78 is 27.2. The Kier molecular flexibility index (Phi) is 4.17. The lowest BCUT2D eigenvalue weighted by molar-refractivity contribution is -0.384. The maximum Gasteiger partial charge on any atom is 0.295 e. The number of anilines is 1. The SMILES string of the molecule is O=[N+]([O-])c1ccc(F)c(F)c1NC1(CO)CCCCC1. The molecule has 1 saturated carbocycles. The number of nitrogens with one attached hydrogen (secondary N) is 1. The molecule has 20 heavy (non-hydrogen) atoms. The van der Waals surface area contributed by atoms with Gasteiger partial charge in [-0.15, -0.1) is 0 Å². The summed E-state index contributed by atoms with van der Waals surface area (Å²) in [4.78, 5) is 10.2. The second-order valence-electron chi connectivity index (χ2n) is 5.14. The fourth-order valence-electron chi connectivity index (χ4n) is 2.63. The molecular weight excluding hydrogens is 270 g/mol. The van der Waals surface area contributed by atoms with E-state index in [-0.39, 0.29) is 6.61 Å². The molecule has 0 radical (unpaired) electrons. The molecule has 0 heterocycles. The number of aliphatic hydroxyl groups excluding tert-OH is 1. The van der Waals surface area contributed by atoms with Crippen LogP contribution in [0.2, 0.25) is 0 Å². The maximum atomic E-state index is 13.9. The van der Waals surface area contributed by atoms with Crippen molar-refractivity contribution < 1.29 is 18.8 Å². The second kappa shape index (κ2) is 5.70. The van der Waals surface area contributed by atoms with E-state index in [1.807, 2.05) is 0 Å². The first-order valence-corrected chi connectivity index (χ1v) is 6.50. The van der Waals surface area contributed by atoms with Gasteiger partial charge in [0, 0.05) is 6.07 Å². The van der Waals surface area contributed by atoms with Crippen molar-refractivity contribution in [2.24, 2.45) is 0 Å². The van der Waals surface area contributed by atoms with Gasteiger partial charge in [0.2, 0.25) is 0 Å². The molecule has 5 nitrogen and oxygen atoms in total. The number of nitrogens with zero attached hydrogens (tertiary/aromatic N) is 1. The average molecular weight is 286 g/mol. The molecule has 0 spiro atoms. The highest BCUT2D eigenvalue weighted by molar-refractivity contribution is 5.63. The van der Waals surface area contributed by atoms with Crippen LogP contribution in [0.5, 0.6) is 0 Å². The molecule has 1 aliphatic rings. The monoisotopic (exact) mass is 286 g/mol. The van der Waals surface area contributed by atoms with Gasteiger partial charge in [-0.1, -0.05) is 19.3 Å². The Morgan fingerprint density at radius 3 is 2.50 bits per heavy atom. The molecule has 110 valence electrons. The Hall–Kier alpha value is -1.76. The van der Waals surface area contributed by atoms with Crippen LogP contribution in [0.3, 0.4) is 0 Å². The Labute approximate surface area is 114 Å². The van der Waals surface area contributed by atoms with Crippen molar-refractivity contribution in [2.45, 2.75) is 37.6 Å². The molecule has 0 saturated heterocycles. The largest absolute Gasteiger partial charge is 0.394 e. The highest BCUT2D eigenvalue weighted by Crippen LogP contribution is 2.36. The number of hydrogen-bond donors (Lipinski definition) is 2. The second-order valence-corrected chi connectivity index (χ2v) is 5.14. The summed E-state index contributed by atoms with van der Waals surface area (Å²) >= 11 is 0. The summed E-state index contributed by atoms with van der Waals surface area (Å²) in [6, 6.07) is 1.65. The third-order valence-electron chi connectivity index (χ3n) is 3.77. The minimum atomic E-state index is -1.28. The Bertz CT molecular complexity index is 517. The number of hydrogen-bond acceptors (Lipinski definition) is 4. The topological polar surface area (TPSA) is 75.4 Å². The molecule has 2 N–H and O–H groups in total. The lowest BCUT2D eigenvalue weighted by atomic mass is 9.82. The van der Waals surface area contributed by atoms with Gasteiger partial charge in [-0.2, -0.15) is 0 Å². The maximum absolute atomic E-state index is 13.9. The first-order chi connectivity index (χ1) is 9.49. The van der Waals surface area contributed by atoms with Gasteiger partial charge in [0.1, 0.15) is 0 Å². The molecule has 1 aliphatic carbocycles. The van der Waals surface area contributed by atoms with Crippen molar-refractivity contribution in [3.05, 3.63) is 33.9 Å². The van der Waals surface area contributed by atoms with Crippen molar-refractivity contribution in [3.8, 4) is 0 Å². The standard InChI is InChI=1S/C13H16F2N2O3/c14-9-4-5-10(17(19)20)12(11(9)15)16-13(8-18)6-2-1-3-7-13/h4-5,16,18H,1-3,6-8H2. The Balaban J connectivity index is 2.40. The molecule has 1 aromatic carbocycles. The predicted molar refractivity (Wildman–Crippen MR) is 69.5 cm³/mol. The summed E-state index contributed by atoms with van der Waals surface area (Å²) in [6.45, 7) is -0.278. The van der Waals surface area contributed by atoms with Crippen LogP contribution >= 0.6 is 0 Å². The van der Waals surface area contributed by atoms with Gasteiger partial charge < -0.3 is 10.4 Å². The van der Waals surface area contributed by atoms with Crippen LogP contribution in [-0.2, 0) is 0 Å². The normalized spacial score (nSPS) is 17.8. The van der Waals surface area contributed by atoms with Gasteiger partial charge >= 0.3 is 0 Å². The first-order valence-electron chi connectivity index (χ1n) is 6.50. The van der Waals surface area contributed by atoms with Gasteiger partial charge in [-0.3, -0.25) is 10.1 Å². The van der Waals surface area contributed by atoms with E-state index in [2.05, 4.69) is 5.32 Å². The van der Waals surface area contributed by atoms with Gasteiger partial charge in [0.15, 0.2) is 17.3 Å². The predicted octanol–water partition coefficient (Wildman–Crippen LogP) is 2.98. The van der Waals surface area contributed by atoms with Crippen LogP contribution in [0.1, 0.15) is 32.1 Å². The van der Waals surface area contributed by atoms with Crippen molar-refractivity contribution in [1.29, 1.82) is 0 Å². The van der Waals surface area contributed by atoms with Crippen molar-refractivity contribution >= 4 is 11.4 Å². The van der Waals surface area contributed by atoms with E-state index in [0.29, 0.717) is 12.8 Å². The zero-order valence-electron chi connectivity index (χ0n) is 10.9. The van der Waals surface area contributed by atoms with Crippen LogP contribution < -0.4 is 5.32 Å². The average Bonchev–Trinajstić information content (AvgIpc) is 2.45. The van der Waals surface area contributed by atoms with E-state index in [1.165, 1.54) is 0 Å². The molecule has 0 unspecified atom stereocenters. The van der Waals surface area contributed by atoms with Gasteiger partial charge in [0.25, 0.3) is 5.69 Å². The summed E-state index contributed by atoms with van der Waals surface area (Å²) in [5, 5.41) is 23.2. The van der Waals surface area contributed by atoms with E-state index in [9.17, 15) is 24.0 Å². The molecule has 1 fully saturated rings. The molecule has 7 heteroatoms. The van der Waals surface area contributed by atoms with Crippen molar-refractivity contribution in [3.63, 3.8) is 0 Å². The number of benzene rings is 1.